The van der Waals surface area contributed by atoms with Crippen LogP contribution in [0.1, 0.15) is 25.8 Å². The van der Waals surface area contributed by atoms with Crippen LogP contribution in [0.3, 0.4) is 0 Å². The number of hydrogen-bond donors (Lipinski definition) is 2. The summed E-state index contributed by atoms with van der Waals surface area (Å²) in [4.78, 5) is 28.9. The van der Waals surface area contributed by atoms with E-state index in [9.17, 15) is 14.7 Å². The third-order valence-corrected chi connectivity index (χ3v) is 3.99. The Balaban J connectivity index is 2.87. The second kappa shape index (κ2) is 6.31. The van der Waals surface area contributed by atoms with Crippen LogP contribution in [0, 0.1) is 0 Å². The number of anilines is 1. The van der Waals surface area contributed by atoms with E-state index >= 15 is 0 Å². The van der Waals surface area contributed by atoms with Crippen molar-refractivity contribution in [2.24, 2.45) is 14.1 Å². The van der Waals surface area contributed by atoms with Gasteiger partial charge in [-0.15, -0.1) is 0 Å². The highest BCUT2D eigenvalue weighted by atomic mass is 16.3. The smallest absolute Gasteiger partial charge is 0.332 e. The number of aliphatic hydroxyl groups is 1. The van der Waals surface area contributed by atoms with Crippen molar-refractivity contribution in [3.63, 3.8) is 0 Å². The molecule has 0 aliphatic heterocycles. The number of aryl methyl sites for hydroxylation is 2. The molecule has 0 aliphatic carbocycles. The van der Waals surface area contributed by atoms with Gasteiger partial charge in [-0.05, 0) is 18.4 Å². The van der Waals surface area contributed by atoms with Crippen LogP contribution in [0.25, 0.3) is 11.0 Å². The second-order valence-corrected chi connectivity index (χ2v) is 5.35. The molecule has 2 heterocycles. The minimum atomic E-state index is -0.408. The monoisotopic (exact) mass is 306 g/mol. The van der Waals surface area contributed by atoms with Gasteiger partial charge in [0, 0.05) is 26.3 Å². The lowest BCUT2D eigenvalue weighted by atomic mass is 10.1. The molecule has 0 fully saturated rings. The molecule has 2 N–H and O–H groups in total. The van der Waals surface area contributed by atoms with E-state index in [2.05, 4.69) is 10.3 Å². The fourth-order valence-corrected chi connectivity index (χ4v) is 2.48. The van der Waals surface area contributed by atoms with Gasteiger partial charge in [0.15, 0.2) is 5.65 Å². The largest absolute Gasteiger partial charge is 0.394 e. The summed E-state index contributed by atoms with van der Waals surface area (Å²) < 4.78 is 2.44. The van der Waals surface area contributed by atoms with Crippen LogP contribution in [-0.4, -0.2) is 31.9 Å². The number of hydrogen-bond acceptors (Lipinski definition) is 5. The number of fused-ring (bicyclic) bond motifs is 1. The minimum absolute atomic E-state index is 0.0322. The van der Waals surface area contributed by atoms with Gasteiger partial charge in [-0.25, -0.2) is 9.78 Å². The van der Waals surface area contributed by atoms with E-state index in [0.717, 1.165) is 16.6 Å². The molecule has 0 spiro atoms. The molecule has 22 heavy (non-hydrogen) atoms. The molecule has 0 aliphatic rings. The van der Waals surface area contributed by atoms with Gasteiger partial charge in [-0.1, -0.05) is 13.8 Å². The highest BCUT2D eigenvalue weighted by molar-refractivity contribution is 5.90. The Hall–Kier alpha value is -2.15. The molecule has 0 saturated carbocycles. The molecule has 2 rings (SSSR count). The lowest BCUT2D eigenvalue weighted by molar-refractivity contribution is 0.272. The molecule has 0 bridgehead atoms. The van der Waals surface area contributed by atoms with E-state index in [-0.39, 0.29) is 18.2 Å². The van der Waals surface area contributed by atoms with Crippen molar-refractivity contribution in [1.29, 1.82) is 0 Å². The maximum Gasteiger partial charge on any atom is 0.332 e. The molecule has 0 radical (unpaired) electrons. The molecular weight excluding hydrogens is 284 g/mol. The van der Waals surface area contributed by atoms with E-state index in [4.69, 9.17) is 0 Å². The van der Waals surface area contributed by atoms with Crippen LogP contribution in [-0.2, 0) is 20.5 Å². The summed E-state index contributed by atoms with van der Waals surface area (Å²) in [5.41, 5.74) is 1.10. The Kier molecular flexibility index (Phi) is 4.65. The van der Waals surface area contributed by atoms with Crippen molar-refractivity contribution < 1.29 is 5.11 Å². The average molecular weight is 306 g/mol. The van der Waals surface area contributed by atoms with Crippen LogP contribution in [0.5, 0.6) is 0 Å². The Morgan fingerprint density at radius 3 is 2.50 bits per heavy atom. The molecular formula is C15H22N4O3. The normalized spacial score (nSPS) is 12.6. The summed E-state index contributed by atoms with van der Waals surface area (Å²) >= 11 is 0. The van der Waals surface area contributed by atoms with Crippen molar-refractivity contribution in [3.05, 3.63) is 32.6 Å². The summed E-state index contributed by atoms with van der Waals surface area (Å²) in [5.74, 6) is 0. The van der Waals surface area contributed by atoms with E-state index in [1.807, 2.05) is 13.8 Å². The number of pyridine rings is 1. The third kappa shape index (κ3) is 2.52. The Bertz CT molecular complexity index is 803. The number of aromatic nitrogens is 3. The van der Waals surface area contributed by atoms with Crippen molar-refractivity contribution in [2.45, 2.75) is 32.7 Å². The van der Waals surface area contributed by atoms with Crippen LogP contribution in [0.15, 0.2) is 15.8 Å². The standard InChI is InChI=1S/C15H22N4O3/c1-5-9-7-16-13-11(12(9)17-10(6-2)8-20)14(21)19(4)15(22)18(13)3/h7,10,20H,5-6,8H2,1-4H3,(H,16,17)/t10-/m0/s1. The SMILES string of the molecule is CCc1cnc2c(c1N[C@@H](CC)CO)c(=O)n(C)c(=O)n2C. The molecule has 0 unspecified atom stereocenters. The van der Waals surface area contributed by atoms with Gasteiger partial charge in [0.1, 0.15) is 5.39 Å². The lowest BCUT2D eigenvalue weighted by Crippen LogP contribution is -2.38. The Labute approximate surface area is 128 Å². The molecule has 2 aromatic heterocycles. The lowest BCUT2D eigenvalue weighted by Gasteiger charge is -2.20. The maximum atomic E-state index is 12.6. The third-order valence-electron chi connectivity index (χ3n) is 3.99. The summed E-state index contributed by atoms with van der Waals surface area (Å²) in [6.07, 6.45) is 3.09. The highest BCUT2D eigenvalue weighted by Crippen LogP contribution is 2.24. The van der Waals surface area contributed by atoms with Crippen molar-refractivity contribution in [1.82, 2.24) is 14.1 Å². The second-order valence-electron chi connectivity index (χ2n) is 5.35. The zero-order chi connectivity index (χ0) is 16.4. The number of nitrogens with zero attached hydrogens (tertiary/aromatic N) is 3. The first-order chi connectivity index (χ1) is 10.5. The van der Waals surface area contributed by atoms with Gasteiger partial charge in [-0.3, -0.25) is 13.9 Å². The number of aliphatic hydroxyl groups excluding tert-OH is 1. The zero-order valence-electron chi connectivity index (χ0n) is 13.4. The first-order valence-corrected chi connectivity index (χ1v) is 7.41. The molecule has 120 valence electrons. The molecule has 7 heteroatoms. The van der Waals surface area contributed by atoms with Crippen molar-refractivity contribution in [2.75, 3.05) is 11.9 Å². The van der Waals surface area contributed by atoms with E-state index in [1.165, 1.54) is 11.6 Å². The Morgan fingerprint density at radius 1 is 1.27 bits per heavy atom. The highest BCUT2D eigenvalue weighted by Gasteiger charge is 2.18. The fourth-order valence-electron chi connectivity index (χ4n) is 2.48. The van der Waals surface area contributed by atoms with Gasteiger partial charge in [0.2, 0.25) is 0 Å². The van der Waals surface area contributed by atoms with Crippen LogP contribution in [0.4, 0.5) is 5.69 Å². The summed E-state index contributed by atoms with van der Waals surface area (Å²) in [5, 5.41) is 13.1. The number of nitrogens with one attached hydrogen (secondary N) is 1. The topological polar surface area (TPSA) is 89.2 Å². The molecule has 7 nitrogen and oxygen atoms in total. The van der Waals surface area contributed by atoms with Gasteiger partial charge < -0.3 is 10.4 Å². The Morgan fingerprint density at radius 2 is 1.95 bits per heavy atom. The van der Waals surface area contributed by atoms with E-state index in [1.54, 1.807) is 13.2 Å². The van der Waals surface area contributed by atoms with Gasteiger partial charge in [0.05, 0.1) is 12.3 Å². The quantitative estimate of drug-likeness (QED) is 0.833. The molecule has 1 atom stereocenters. The average Bonchev–Trinajstić information content (AvgIpc) is 2.54. The predicted octanol–water partition coefficient (Wildman–Crippen LogP) is 0.377. The van der Waals surface area contributed by atoms with Crippen LogP contribution in [0.2, 0.25) is 0 Å². The van der Waals surface area contributed by atoms with Crippen molar-refractivity contribution in [3.8, 4) is 0 Å². The number of rotatable bonds is 5. The molecule has 2 aromatic rings. The van der Waals surface area contributed by atoms with Gasteiger partial charge in [0.25, 0.3) is 5.56 Å². The predicted molar refractivity (Wildman–Crippen MR) is 86.4 cm³/mol. The molecule has 0 saturated heterocycles. The van der Waals surface area contributed by atoms with E-state index in [0.29, 0.717) is 23.1 Å². The summed E-state index contributed by atoms with van der Waals surface area (Å²) in [6.45, 7) is 3.90. The zero-order valence-corrected chi connectivity index (χ0v) is 13.4. The minimum Gasteiger partial charge on any atom is -0.394 e. The van der Waals surface area contributed by atoms with Crippen molar-refractivity contribution >= 4 is 16.7 Å². The van der Waals surface area contributed by atoms with Crippen LogP contribution < -0.4 is 16.6 Å². The summed E-state index contributed by atoms with van der Waals surface area (Å²) in [6, 6.07) is -0.155. The first kappa shape index (κ1) is 16.2. The fraction of sp³-hybridized carbons (Fsp3) is 0.533. The molecule has 0 amide bonds. The first-order valence-electron chi connectivity index (χ1n) is 7.41. The van der Waals surface area contributed by atoms with Gasteiger partial charge in [-0.2, -0.15) is 0 Å². The maximum absolute atomic E-state index is 12.6. The summed E-state index contributed by atoms with van der Waals surface area (Å²) in [7, 11) is 3.05. The van der Waals surface area contributed by atoms with E-state index < -0.39 is 5.69 Å². The molecule has 0 aromatic carbocycles. The van der Waals surface area contributed by atoms with Gasteiger partial charge >= 0.3 is 5.69 Å². The van der Waals surface area contributed by atoms with Crippen LogP contribution >= 0.6 is 0 Å².